The summed E-state index contributed by atoms with van der Waals surface area (Å²) in [5.74, 6) is -2.79. The first-order valence-corrected chi connectivity index (χ1v) is 12.6. The van der Waals surface area contributed by atoms with Gasteiger partial charge in [-0.25, -0.2) is 13.2 Å². The molecule has 2 aliphatic heterocycles. The van der Waals surface area contributed by atoms with Gasteiger partial charge in [0.05, 0.1) is 22.7 Å². The number of hydrogen-bond acceptors (Lipinski definition) is 4. The zero-order valence-corrected chi connectivity index (χ0v) is 20.4. The summed E-state index contributed by atoms with van der Waals surface area (Å²) >= 11 is 6.47. The smallest absolute Gasteiger partial charge is 0.249 e. The Morgan fingerprint density at radius 1 is 1.19 bits per heavy atom. The molecular formula is C28H24ClF3N2O3. The lowest BCUT2D eigenvalue weighted by Crippen LogP contribution is -2.48. The second-order valence-electron chi connectivity index (χ2n) is 9.91. The maximum Gasteiger partial charge on any atom is 0.249 e. The molecule has 3 aliphatic rings. The molecular weight excluding hydrogens is 505 g/mol. The van der Waals surface area contributed by atoms with E-state index in [1.54, 1.807) is 0 Å². The Balaban J connectivity index is 1.62. The van der Waals surface area contributed by atoms with Crippen LogP contribution in [0.5, 0.6) is 5.75 Å². The largest absolute Gasteiger partial charge is 0.480 e. The third-order valence-corrected chi connectivity index (χ3v) is 8.23. The summed E-state index contributed by atoms with van der Waals surface area (Å²) in [6, 6.07) is 11.7. The Morgan fingerprint density at radius 2 is 1.95 bits per heavy atom. The van der Waals surface area contributed by atoms with Gasteiger partial charge in [-0.3, -0.25) is 4.79 Å². The molecule has 0 spiro atoms. The van der Waals surface area contributed by atoms with Crippen LogP contribution in [0, 0.1) is 11.6 Å². The minimum atomic E-state index is -1.80. The highest BCUT2D eigenvalue weighted by molar-refractivity contribution is 6.34. The zero-order chi connectivity index (χ0) is 26.1. The average molecular weight is 529 g/mol. The van der Waals surface area contributed by atoms with Gasteiger partial charge in [0.15, 0.2) is 5.60 Å². The number of nitrogens with two attached hydrogens (primary N) is 1. The van der Waals surface area contributed by atoms with Gasteiger partial charge in [0.2, 0.25) is 5.91 Å². The predicted molar refractivity (Wildman–Crippen MR) is 132 cm³/mol. The molecule has 9 heteroatoms. The van der Waals surface area contributed by atoms with Gasteiger partial charge in [-0.2, -0.15) is 0 Å². The van der Waals surface area contributed by atoms with Crippen LogP contribution in [0.2, 0.25) is 5.02 Å². The number of nitrogens with one attached hydrogen (secondary N) is 1. The van der Waals surface area contributed by atoms with E-state index < -0.39 is 40.4 Å². The SMILES string of the molecule is NC(=O)c1cc2c(c(F)c1-c1c(Cl)c(F)cc3c1C[C@](c1ccccc1)([C@@H]1CCCN1)O3)C(F)CC2O. The minimum Gasteiger partial charge on any atom is -0.480 e. The number of benzene rings is 3. The minimum absolute atomic E-state index is 0.0447. The number of hydrogen-bond donors (Lipinski definition) is 3. The zero-order valence-electron chi connectivity index (χ0n) is 19.7. The fraction of sp³-hybridized carbons (Fsp3) is 0.321. The number of primary amides is 1. The first-order valence-electron chi connectivity index (χ1n) is 12.2. The summed E-state index contributed by atoms with van der Waals surface area (Å²) in [5.41, 5.74) is 4.74. The van der Waals surface area contributed by atoms with Crippen molar-refractivity contribution in [1.29, 1.82) is 0 Å². The Labute approximate surface area is 216 Å². The monoisotopic (exact) mass is 528 g/mol. The molecule has 192 valence electrons. The number of fused-ring (bicyclic) bond motifs is 2. The lowest BCUT2D eigenvalue weighted by atomic mass is 9.80. The van der Waals surface area contributed by atoms with E-state index in [4.69, 9.17) is 22.1 Å². The Bertz CT molecular complexity index is 1430. The number of amides is 1. The van der Waals surface area contributed by atoms with Crippen molar-refractivity contribution in [1.82, 2.24) is 5.32 Å². The first kappa shape index (κ1) is 24.3. The molecule has 0 bridgehead atoms. The van der Waals surface area contributed by atoms with Gasteiger partial charge in [-0.15, -0.1) is 0 Å². The molecule has 2 unspecified atom stereocenters. The molecule has 5 nitrogen and oxygen atoms in total. The van der Waals surface area contributed by atoms with Crippen molar-refractivity contribution in [2.24, 2.45) is 5.73 Å². The second-order valence-corrected chi connectivity index (χ2v) is 10.3. The molecule has 1 amide bonds. The number of carbonyl (C=O) groups is 1. The first-order chi connectivity index (χ1) is 17.7. The van der Waals surface area contributed by atoms with Gasteiger partial charge < -0.3 is 20.9 Å². The van der Waals surface area contributed by atoms with E-state index in [-0.39, 0.29) is 52.5 Å². The topological polar surface area (TPSA) is 84.6 Å². The third kappa shape index (κ3) is 3.57. The van der Waals surface area contributed by atoms with E-state index in [2.05, 4.69) is 5.32 Å². The maximum absolute atomic E-state index is 16.1. The Hall–Kier alpha value is -3.07. The number of aliphatic hydroxyl groups is 1. The van der Waals surface area contributed by atoms with Gasteiger partial charge in [-0.1, -0.05) is 41.9 Å². The van der Waals surface area contributed by atoms with Crippen LogP contribution >= 0.6 is 11.6 Å². The number of halogens is 4. The van der Waals surface area contributed by atoms with Gasteiger partial charge in [0, 0.05) is 41.2 Å². The van der Waals surface area contributed by atoms with E-state index in [9.17, 15) is 14.3 Å². The van der Waals surface area contributed by atoms with E-state index in [0.717, 1.165) is 31.0 Å². The van der Waals surface area contributed by atoms with E-state index in [1.807, 2.05) is 30.3 Å². The molecule has 0 aromatic heterocycles. The van der Waals surface area contributed by atoms with Gasteiger partial charge in [-0.05, 0) is 36.6 Å². The van der Waals surface area contributed by atoms with Crippen LogP contribution in [0.25, 0.3) is 11.1 Å². The normalized spacial score (nSPS) is 26.1. The number of aliphatic hydroxyl groups excluding tert-OH is 1. The highest BCUT2D eigenvalue weighted by Gasteiger charge is 2.50. The van der Waals surface area contributed by atoms with Crippen LogP contribution in [0.4, 0.5) is 13.2 Å². The standard InChI is InChI=1S/C28H24ClF3N2O3/c29-25-18(31)11-20-16(12-28(37-20,21-7-4-8-34-21)13-5-2-1-3-6-13)23(25)24-15(27(33)36)9-14-19(35)10-17(30)22(14)26(24)32/h1-3,5-6,9,11,17,19,21,34-35H,4,7-8,10,12H2,(H2,33,36)/t17?,19?,21-,28-/m0/s1. The predicted octanol–water partition coefficient (Wildman–Crippen LogP) is 5.41. The van der Waals surface area contributed by atoms with Gasteiger partial charge in [0.25, 0.3) is 0 Å². The molecule has 3 aromatic rings. The molecule has 6 rings (SSSR count). The molecule has 1 aliphatic carbocycles. The Kier molecular flexibility index (Phi) is 5.74. The average Bonchev–Trinajstić information content (AvgIpc) is 3.60. The summed E-state index contributed by atoms with van der Waals surface area (Å²) in [6.07, 6.45) is -1.51. The summed E-state index contributed by atoms with van der Waals surface area (Å²) in [5, 5.41) is 13.3. The molecule has 4 N–H and O–H groups in total. The third-order valence-electron chi connectivity index (χ3n) is 7.86. The van der Waals surface area contributed by atoms with Crippen molar-refractivity contribution in [3.63, 3.8) is 0 Å². The quantitative estimate of drug-likeness (QED) is 0.422. The van der Waals surface area contributed by atoms with Crippen LogP contribution in [-0.4, -0.2) is 23.6 Å². The number of ether oxygens (including phenoxy) is 1. The molecule has 2 heterocycles. The van der Waals surface area contributed by atoms with Crippen molar-refractivity contribution < 1.29 is 27.8 Å². The molecule has 0 radical (unpaired) electrons. The fourth-order valence-electron chi connectivity index (χ4n) is 6.18. The number of carbonyl (C=O) groups excluding carboxylic acids is 1. The van der Waals surface area contributed by atoms with E-state index in [1.165, 1.54) is 6.07 Å². The maximum atomic E-state index is 16.1. The molecule has 1 fully saturated rings. The Morgan fingerprint density at radius 3 is 2.62 bits per heavy atom. The van der Waals surface area contributed by atoms with Crippen LogP contribution in [0.15, 0.2) is 42.5 Å². The molecule has 37 heavy (non-hydrogen) atoms. The summed E-state index contributed by atoms with van der Waals surface area (Å²) < 4.78 is 52.7. The van der Waals surface area contributed by atoms with Crippen LogP contribution in [0.1, 0.15) is 64.1 Å². The molecule has 4 atom stereocenters. The van der Waals surface area contributed by atoms with Crippen LogP contribution < -0.4 is 15.8 Å². The molecule has 1 saturated heterocycles. The molecule has 0 saturated carbocycles. The second kappa shape index (κ2) is 8.75. The van der Waals surface area contributed by atoms with Crippen LogP contribution in [-0.2, 0) is 12.0 Å². The summed E-state index contributed by atoms with van der Waals surface area (Å²) in [7, 11) is 0. The van der Waals surface area contributed by atoms with Gasteiger partial charge >= 0.3 is 0 Å². The fourth-order valence-corrected chi connectivity index (χ4v) is 6.44. The van der Waals surface area contributed by atoms with Gasteiger partial charge in [0.1, 0.15) is 23.6 Å². The van der Waals surface area contributed by atoms with Crippen molar-refractivity contribution >= 4 is 17.5 Å². The van der Waals surface area contributed by atoms with Crippen molar-refractivity contribution in [3.8, 4) is 16.9 Å². The van der Waals surface area contributed by atoms with E-state index in [0.29, 0.717) is 5.56 Å². The van der Waals surface area contributed by atoms with Crippen molar-refractivity contribution in [2.75, 3.05) is 6.54 Å². The van der Waals surface area contributed by atoms with Crippen LogP contribution in [0.3, 0.4) is 0 Å². The number of alkyl halides is 1. The van der Waals surface area contributed by atoms with Crippen molar-refractivity contribution in [3.05, 3.63) is 86.9 Å². The van der Waals surface area contributed by atoms with E-state index >= 15 is 8.78 Å². The number of rotatable bonds is 4. The molecule has 3 aromatic carbocycles. The highest BCUT2D eigenvalue weighted by atomic mass is 35.5. The van der Waals surface area contributed by atoms with Crippen molar-refractivity contribution in [2.45, 2.75) is 49.6 Å². The lowest BCUT2D eigenvalue weighted by molar-refractivity contribution is 0.0539. The summed E-state index contributed by atoms with van der Waals surface area (Å²) in [4.78, 5) is 12.5. The summed E-state index contributed by atoms with van der Waals surface area (Å²) in [6.45, 7) is 0.784. The highest BCUT2D eigenvalue weighted by Crippen LogP contribution is 2.54. The lowest BCUT2D eigenvalue weighted by Gasteiger charge is -2.35.